The van der Waals surface area contributed by atoms with Crippen LogP contribution in [0.2, 0.25) is 0 Å². The molecule has 0 aliphatic rings. The highest BCUT2D eigenvalue weighted by atomic mass is 16.5. The van der Waals surface area contributed by atoms with Gasteiger partial charge in [-0.3, -0.25) is 0 Å². The minimum atomic E-state index is -1.10. The minimum Gasteiger partial charge on any atom is -0.491 e. The Morgan fingerprint density at radius 2 is 1.82 bits per heavy atom. The van der Waals surface area contributed by atoms with Crippen molar-refractivity contribution in [3.05, 3.63) is 30.0 Å². The maximum Gasteiger partial charge on any atom is 0.355 e. The monoisotopic (exact) mass is 233 g/mol. The fourth-order valence-corrected chi connectivity index (χ4v) is 1.71. The Bertz CT molecular complexity index is 580. The van der Waals surface area contributed by atoms with Crippen LogP contribution in [-0.2, 0) is 0 Å². The van der Waals surface area contributed by atoms with Gasteiger partial charge in [-0.25, -0.2) is 9.78 Å². The van der Waals surface area contributed by atoms with E-state index in [2.05, 4.69) is 4.98 Å². The number of nitrogens with zero attached hydrogens (tertiary/aromatic N) is 1. The molecule has 0 spiro atoms. The van der Waals surface area contributed by atoms with Gasteiger partial charge in [0, 0.05) is 10.8 Å². The van der Waals surface area contributed by atoms with Crippen molar-refractivity contribution in [1.82, 2.24) is 4.98 Å². The smallest absolute Gasteiger partial charge is 0.355 e. The largest absolute Gasteiger partial charge is 0.491 e. The van der Waals surface area contributed by atoms with Crippen molar-refractivity contribution in [3.8, 4) is 11.6 Å². The number of hydrogen-bond acceptors (Lipinski definition) is 4. The van der Waals surface area contributed by atoms with Crippen molar-refractivity contribution >= 4 is 16.7 Å². The molecule has 0 amide bonds. The van der Waals surface area contributed by atoms with E-state index < -0.39 is 5.97 Å². The van der Waals surface area contributed by atoms with Gasteiger partial charge in [0.05, 0.1) is 14.2 Å². The number of carboxylic acid groups (broad SMARTS) is 1. The molecule has 0 saturated carbocycles. The Hall–Kier alpha value is -2.30. The van der Waals surface area contributed by atoms with Crippen LogP contribution in [0.3, 0.4) is 0 Å². The molecule has 0 saturated heterocycles. The second-order valence-corrected chi connectivity index (χ2v) is 3.35. The average molecular weight is 233 g/mol. The standard InChI is InChI=1S/C12H11NO4/c1-16-10-8-6-4-3-5-7(8)9(12(14)15)13-11(10)17-2/h3-6H,1-2H3,(H,14,15). The van der Waals surface area contributed by atoms with E-state index in [1.807, 2.05) is 0 Å². The molecule has 0 bridgehead atoms. The van der Waals surface area contributed by atoms with Crippen molar-refractivity contribution in [1.29, 1.82) is 0 Å². The van der Waals surface area contributed by atoms with Crippen molar-refractivity contribution in [3.63, 3.8) is 0 Å². The Morgan fingerprint density at radius 1 is 1.18 bits per heavy atom. The molecule has 2 aromatic rings. The number of methoxy groups -OCH3 is 2. The van der Waals surface area contributed by atoms with E-state index in [0.29, 0.717) is 16.5 Å². The van der Waals surface area contributed by atoms with Crippen LogP contribution in [0.25, 0.3) is 10.8 Å². The van der Waals surface area contributed by atoms with E-state index in [0.717, 1.165) is 0 Å². The summed E-state index contributed by atoms with van der Waals surface area (Å²) in [5.74, 6) is -0.487. The molecule has 5 nitrogen and oxygen atoms in total. The van der Waals surface area contributed by atoms with Crippen molar-refractivity contribution < 1.29 is 19.4 Å². The van der Waals surface area contributed by atoms with E-state index in [1.165, 1.54) is 14.2 Å². The molecule has 0 unspecified atom stereocenters. The van der Waals surface area contributed by atoms with Gasteiger partial charge < -0.3 is 14.6 Å². The van der Waals surface area contributed by atoms with E-state index in [1.54, 1.807) is 24.3 Å². The van der Waals surface area contributed by atoms with Gasteiger partial charge in [0.15, 0.2) is 11.4 Å². The molecule has 17 heavy (non-hydrogen) atoms. The summed E-state index contributed by atoms with van der Waals surface area (Å²) in [6.45, 7) is 0. The number of ether oxygens (including phenoxy) is 2. The van der Waals surface area contributed by atoms with Gasteiger partial charge in [0.1, 0.15) is 0 Å². The third-order valence-corrected chi connectivity index (χ3v) is 2.43. The second-order valence-electron chi connectivity index (χ2n) is 3.35. The fourth-order valence-electron chi connectivity index (χ4n) is 1.71. The summed E-state index contributed by atoms with van der Waals surface area (Å²) in [5.41, 5.74) is -0.0433. The number of carbonyl (C=O) groups is 1. The van der Waals surface area contributed by atoms with Gasteiger partial charge in [-0.1, -0.05) is 24.3 Å². The Balaban J connectivity index is 2.89. The molecular formula is C12H11NO4. The molecule has 2 rings (SSSR count). The van der Waals surface area contributed by atoms with Crippen LogP contribution >= 0.6 is 0 Å². The van der Waals surface area contributed by atoms with Crippen LogP contribution < -0.4 is 9.47 Å². The number of benzene rings is 1. The highest BCUT2D eigenvalue weighted by molar-refractivity contribution is 6.04. The van der Waals surface area contributed by atoms with E-state index in [9.17, 15) is 4.79 Å². The molecular weight excluding hydrogens is 222 g/mol. The summed E-state index contributed by atoms with van der Waals surface area (Å²) >= 11 is 0. The summed E-state index contributed by atoms with van der Waals surface area (Å²) in [7, 11) is 2.91. The van der Waals surface area contributed by atoms with Crippen LogP contribution in [0.5, 0.6) is 11.6 Å². The van der Waals surface area contributed by atoms with Gasteiger partial charge in [0.2, 0.25) is 0 Å². The van der Waals surface area contributed by atoms with Crippen molar-refractivity contribution in [2.75, 3.05) is 14.2 Å². The lowest BCUT2D eigenvalue weighted by molar-refractivity contribution is 0.0692. The lowest BCUT2D eigenvalue weighted by Crippen LogP contribution is -2.05. The SMILES string of the molecule is COc1nc(C(=O)O)c2ccccc2c1OC. The van der Waals surface area contributed by atoms with Crippen LogP contribution in [0.4, 0.5) is 0 Å². The number of aromatic carboxylic acids is 1. The molecule has 1 aromatic heterocycles. The van der Waals surface area contributed by atoms with Crippen LogP contribution in [0.1, 0.15) is 10.5 Å². The summed E-state index contributed by atoms with van der Waals surface area (Å²) < 4.78 is 10.2. The van der Waals surface area contributed by atoms with Gasteiger partial charge in [-0.05, 0) is 0 Å². The summed E-state index contributed by atoms with van der Waals surface area (Å²) in [6.07, 6.45) is 0. The Labute approximate surface area is 97.6 Å². The zero-order valence-electron chi connectivity index (χ0n) is 9.43. The number of rotatable bonds is 3. The van der Waals surface area contributed by atoms with Crippen LogP contribution in [0.15, 0.2) is 24.3 Å². The Morgan fingerprint density at radius 3 is 2.35 bits per heavy atom. The lowest BCUT2D eigenvalue weighted by atomic mass is 10.1. The molecule has 1 heterocycles. The summed E-state index contributed by atoms with van der Waals surface area (Å²) in [4.78, 5) is 15.1. The van der Waals surface area contributed by atoms with Crippen LogP contribution in [-0.4, -0.2) is 30.3 Å². The number of fused-ring (bicyclic) bond motifs is 1. The van der Waals surface area contributed by atoms with Gasteiger partial charge >= 0.3 is 5.97 Å². The number of carboxylic acids is 1. The Kier molecular flexibility index (Phi) is 2.82. The van der Waals surface area contributed by atoms with E-state index in [-0.39, 0.29) is 11.6 Å². The molecule has 88 valence electrons. The van der Waals surface area contributed by atoms with Crippen LogP contribution in [0, 0.1) is 0 Å². The molecule has 0 aliphatic heterocycles. The topological polar surface area (TPSA) is 68.7 Å². The van der Waals surface area contributed by atoms with Gasteiger partial charge in [-0.15, -0.1) is 0 Å². The quantitative estimate of drug-likeness (QED) is 0.877. The first-order valence-electron chi connectivity index (χ1n) is 4.93. The fraction of sp³-hybridized carbons (Fsp3) is 0.167. The van der Waals surface area contributed by atoms with Gasteiger partial charge in [0.25, 0.3) is 5.88 Å². The normalized spacial score (nSPS) is 10.2. The van der Waals surface area contributed by atoms with Crippen molar-refractivity contribution in [2.24, 2.45) is 0 Å². The highest BCUT2D eigenvalue weighted by Gasteiger charge is 2.18. The zero-order chi connectivity index (χ0) is 12.4. The summed E-state index contributed by atoms with van der Waals surface area (Å²) in [6, 6.07) is 7.01. The molecule has 5 heteroatoms. The van der Waals surface area contributed by atoms with E-state index >= 15 is 0 Å². The minimum absolute atomic E-state index is 0.0433. The van der Waals surface area contributed by atoms with Gasteiger partial charge in [-0.2, -0.15) is 0 Å². The number of aromatic nitrogens is 1. The highest BCUT2D eigenvalue weighted by Crippen LogP contribution is 2.34. The average Bonchev–Trinajstić information content (AvgIpc) is 2.36. The first-order chi connectivity index (χ1) is 8.19. The third kappa shape index (κ3) is 1.75. The maximum absolute atomic E-state index is 11.1. The third-order valence-electron chi connectivity index (χ3n) is 2.43. The molecule has 1 N–H and O–H groups in total. The first kappa shape index (κ1) is 11.2. The molecule has 1 aromatic carbocycles. The molecule has 0 radical (unpaired) electrons. The lowest BCUT2D eigenvalue weighted by Gasteiger charge is -2.11. The first-order valence-corrected chi connectivity index (χ1v) is 4.93. The molecule has 0 atom stereocenters. The number of pyridine rings is 1. The number of hydrogen-bond donors (Lipinski definition) is 1. The second kappa shape index (κ2) is 4.29. The molecule has 0 fully saturated rings. The summed E-state index contributed by atoms with van der Waals surface area (Å²) in [5, 5.41) is 10.3. The molecule has 0 aliphatic carbocycles. The van der Waals surface area contributed by atoms with Crippen molar-refractivity contribution in [2.45, 2.75) is 0 Å². The van der Waals surface area contributed by atoms with E-state index in [4.69, 9.17) is 14.6 Å². The predicted octanol–water partition coefficient (Wildman–Crippen LogP) is 1.95. The predicted molar refractivity (Wildman–Crippen MR) is 61.8 cm³/mol. The maximum atomic E-state index is 11.1. The zero-order valence-corrected chi connectivity index (χ0v) is 9.43.